The first-order valence-corrected chi connectivity index (χ1v) is 10.7. The van der Waals surface area contributed by atoms with Crippen LogP contribution in [0.2, 0.25) is 0 Å². The van der Waals surface area contributed by atoms with Crippen LogP contribution in [-0.2, 0) is 29.0 Å². The summed E-state index contributed by atoms with van der Waals surface area (Å²) in [6, 6.07) is 13.4. The van der Waals surface area contributed by atoms with Crippen LogP contribution in [0.1, 0.15) is 73.4 Å². The quantitative estimate of drug-likeness (QED) is 0.669. The lowest BCUT2D eigenvalue weighted by atomic mass is 9.94. The minimum atomic E-state index is 0.654. The van der Waals surface area contributed by atoms with E-state index in [9.17, 15) is 0 Å². The highest BCUT2D eigenvalue weighted by Gasteiger charge is 2.11. The Morgan fingerprint density at radius 3 is 2.20 bits per heavy atom. The first kappa shape index (κ1) is 27.5. The molecule has 1 N–H and O–H groups in total. The molecule has 0 saturated heterocycles. The first-order valence-electron chi connectivity index (χ1n) is 10.7. The van der Waals surface area contributed by atoms with Crippen LogP contribution in [0.4, 0.5) is 0 Å². The number of hydrogen-bond donors (Lipinski definition) is 1. The van der Waals surface area contributed by atoms with Crippen LogP contribution in [0, 0.1) is 6.92 Å². The molecular weight excluding hydrogens is 370 g/mol. The lowest BCUT2D eigenvalue weighted by molar-refractivity contribution is -0.0987. The fourth-order valence-corrected chi connectivity index (χ4v) is 3.42. The number of rotatable bonds is 3. The van der Waals surface area contributed by atoms with Crippen molar-refractivity contribution in [2.45, 2.75) is 66.3 Å². The van der Waals surface area contributed by atoms with Crippen molar-refractivity contribution in [3.8, 4) is 0 Å². The molecule has 0 atom stereocenters. The Balaban J connectivity index is 0.000000498. The standard InChI is InChI=1S/C14H19N.C11H16.2CH2O/c1-3-5-13-11(2)7-8-12-6-4-9-15-10-14(12)13;1-4-10-5-7-11(8-6-10)9(2)3;2*1-2/h3,5,7-8,15H,4,6,9-10H2,1-2H3;5-9H,4H2,1-3H3;2*1H2/b5-3-;;;. The number of hydrogen-bond acceptors (Lipinski definition) is 3. The van der Waals surface area contributed by atoms with Gasteiger partial charge in [-0.1, -0.05) is 69.3 Å². The van der Waals surface area contributed by atoms with E-state index in [4.69, 9.17) is 9.59 Å². The Kier molecular flexibility index (Phi) is 14.9. The molecule has 3 rings (SSSR count). The van der Waals surface area contributed by atoms with Gasteiger partial charge in [0.05, 0.1) is 0 Å². The van der Waals surface area contributed by atoms with Crippen LogP contribution in [0.3, 0.4) is 0 Å². The molecule has 1 heterocycles. The predicted molar refractivity (Wildman–Crippen MR) is 130 cm³/mol. The van der Waals surface area contributed by atoms with Crippen molar-refractivity contribution in [1.82, 2.24) is 5.32 Å². The summed E-state index contributed by atoms with van der Waals surface area (Å²) in [5, 5.41) is 3.50. The van der Waals surface area contributed by atoms with Crippen molar-refractivity contribution in [2.24, 2.45) is 0 Å². The summed E-state index contributed by atoms with van der Waals surface area (Å²) in [4.78, 5) is 16.0. The van der Waals surface area contributed by atoms with Gasteiger partial charge in [0.15, 0.2) is 0 Å². The van der Waals surface area contributed by atoms with Crippen molar-refractivity contribution in [2.75, 3.05) is 6.54 Å². The Morgan fingerprint density at radius 2 is 1.67 bits per heavy atom. The fraction of sp³-hybridized carbons (Fsp3) is 0.407. The van der Waals surface area contributed by atoms with Gasteiger partial charge in [0.1, 0.15) is 13.6 Å². The summed E-state index contributed by atoms with van der Waals surface area (Å²) < 4.78 is 0. The zero-order valence-electron chi connectivity index (χ0n) is 19.5. The van der Waals surface area contributed by atoms with Crippen LogP contribution in [-0.4, -0.2) is 20.1 Å². The molecule has 2 aromatic rings. The maximum Gasteiger partial charge on any atom is 0.106 e. The fourth-order valence-electron chi connectivity index (χ4n) is 3.42. The lowest BCUT2D eigenvalue weighted by Crippen LogP contribution is -2.13. The van der Waals surface area contributed by atoms with E-state index in [1.807, 2.05) is 13.6 Å². The molecule has 1 aliphatic heterocycles. The minimum absolute atomic E-state index is 0.654. The van der Waals surface area contributed by atoms with Gasteiger partial charge in [-0.05, 0) is 79.0 Å². The molecule has 0 radical (unpaired) electrons. The summed E-state index contributed by atoms with van der Waals surface area (Å²) in [7, 11) is 0. The summed E-state index contributed by atoms with van der Waals surface area (Å²) in [6.45, 7) is 17.1. The number of carbonyl (C=O) groups excluding carboxylic acids is 2. The Morgan fingerprint density at radius 1 is 1.03 bits per heavy atom. The number of carbonyl (C=O) groups is 2. The number of benzene rings is 2. The highest BCUT2D eigenvalue weighted by molar-refractivity contribution is 5.60. The van der Waals surface area contributed by atoms with Gasteiger partial charge < -0.3 is 14.9 Å². The van der Waals surface area contributed by atoms with Gasteiger partial charge >= 0.3 is 0 Å². The van der Waals surface area contributed by atoms with Gasteiger partial charge in [-0.15, -0.1) is 0 Å². The summed E-state index contributed by atoms with van der Waals surface area (Å²) >= 11 is 0. The molecule has 30 heavy (non-hydrogen) atoms. The third kappa shape index (κ3) is 8.87. The molecule has 3 heteroatoms. The largest absolute Gasteiger partial charge is 0.313 e. The Hall–Kier alpha value is -2.52. The molecule has 0 aromatic heterocycles. The van der Waals surface area contributed by atoms with E-state index in [0.29, 0.717) is 5.92 Å². The molecule has 1 aliphatic rings. The smallest absolute Gasteiger partial charge is 0.106 e. The number of aryl methyl sites for hydroxylation is 3. The average Bonchev–Trinajstić information content (AvgIpc) is 3.05. The number of nitrogens with one attached hydrogen (secondary N) is 1. The van der Waals surface area contributed by atoms with Crippen molar-refractivity contribution in [3.05, 3.63) is 75.9 Å². The molecule has 0 aliphatic carbocycles. The van der Waals surface area contributed by atoms with Gasteiger partial charge in [-0.3, -0.25) is 0 Å². The van der Waals surface area contributed by atoms with Gasteiger partial charge in [0.2, 0.25) is 0 Å². The van der Waals surface area contributed by atoms with Gasteiger partial charge in [-0.2, -0.15) is 0 Å². The van der Waals surface area contributed by atoms with Gasteiger partial charge in [0.25, 0.3) is 0 Å². The number of allylic oxidation sites excluding steroid dienone is 1. The maximum absolute atomic E-state index is 8.00. The van der Waals surface area contributed by atoms with Gasteiger partial charge in [-0.25, -0.2) is 0 Å². The average molecular weight is 410 g/mol. The molecular formula is C27H39NO2. The molecule has 0 bridgehead atoms. The Labute approximate surface area is 183 Å². The maximum atomic E-state index is 8.00. The zero-order valence-corrected chi connectivity index (χ0v) is 19.5. The van der Waals surface area contributed by atoms with Crippen molar-refractivity contribution in [3.63, 3.8) is 0 Å². The second kappa shape index (κ2) is 16.3. The molecule has 0 spiro atoms. The highest BCUT2D eigenvalue weighted by atomic mass is 16.1. The van der Waals surface area contributed by atoms with Gasteiger partial charge in [0, 0.05) is 6.54 Å². The molecule has 164 valence electrons. The van der Waals surface area contributed by atoms with E-state index in [2.05, 4.69) is 88.5 Å². The van der Waals surface area contributed by atoms with Crippen LogP contribution in [0.25, 0.3) is 6.08 Å². The second-order valence-corrected chi connectivity index (χ2v) is 7.46. The molecule has 0 unspecified atom stereocenters. The molecule has 0 fully saturated rings. The summed E-state index contributed by atoms with van der Waals surface area (Å²) in [5.74, 6) is 0.654. The zero-order chi connectivity index (χ0) is 22.9. The van der Waals surface area contributed by atoms with Crippen LogP contribution in [0.5, 0.6) is 0 Å². The van der Waals surface area contributed by atoms with Crippen LogP contribution >= 0.6 is 0 Å². The van der Waals surface area contributed by atoms with Crippen LogP contribution < -0.4 is 5.32 Å². The predicted octanol–water partition coefficient (Wildman–Crippen LogP) is 6.07. The van der Waals surface area contributed by atoms with Crippen LogP contribution in [0.15, 0.2) is 42.5 Å². The minimum Gasteiger partial charge on any atom is -0.313 e. The molecule has 0 saturated carbocycles. The normalized spacial score (nSPS) is 12.3. The first-order chi connectivity index (χ1) is 14.6. The SMILES string of the molecule is C/C=C\c1c(C)ccc2c1CNCCC2.C=O.C=O.CCc1ccc(C(C)C)cc1. The molecule has 0 amide bonds. The van der Waals surface area contributed by atoms with Crippen molar-refractivity contribution >= 4 is 19.7 Å². The van der Waals surface area contributed by atoms with Crippen molar-refractivity contribution < 1.29 is 9.59 Å². The third-order valence-electron chi connectivity index (χ3n) is 5.16. The third-order valence-corrected chi connectivity index (χ3v) is 5.16. The van der Waals surface area contributed by atoms with E-state index in [1.54, 1.807) is 0 Å². The topological polar surface area (TPSA) is 46.2 Å². The van der Waals surface area contributed by atoms with E-state index >= 15 is 0 Å². The van der Waals surface area contributed by atoms with E-state index in [0.717, 1.165) is 19.5 Å². The highest BCUT2D eigenvalue weighted by Crippen LogP contribution is 2.23. The van der Waals surface area contributed by atoms with E-state index in [-0.39, 0.29) is 0 Å². The van der Waals surface area contributed by atoms with Crippen molar-refractivity contribution in [1.29, 1.82) is 0 Å². The summed E-state index contributed by atoms with van der Waals surface area (Å²) in [5.41, 5.74) is 8.70. The monoisotopic (exact) mass is 409 g/mol. The molecule has 3 nitrogen and oxygen atoms in total. The Bertz CT molecular complexity index is 746. The summed E-state index contributed by atoms with van der Waals surface area (Å²) in [6.07, 6.45) is 7.98. The molecule has 2 aromatic carbocycles. The van der Waals surface area contributed by atoms with E-state index < -0.39 is 0 Å². The second-order valence-electron chi connectivity index (χ2n) is 7.46. The lowest BCUT2D eigenvalue weighted by Gasteiger charge is -2.12. The van der Waals surface area contributed by atoms with E-state index in [1.165, 1.54) is 46.2 Å². The number of fused-ring (bicyclic) bond motifs is 1.